The van der Waals surface area contributed by atoms with Gasteiger partial charge in [-0.05, 0) is 81.1 Å². The van der Waals surface area contributed by atoms with E-state index in [0.29, 0.717) is 33.2 Å². The molecule has 0 aliphatic rings. The predicted octanol–water partition coefficient (Wildman–Crippen LogP) is 4.39. The molecule has 1 atom stereocenters. The normalized spacial score (nSPS) is 11.7. The number of amides is 3. The van der Waals surface area contributed by atoms with Crippen molar-refractivity contribution in [3.8, 4) is 11.5 Å². The van der Waals surface area contributed by atoms with Gasteiger partial charge in [0.1, 0.15) is 6.04 Å². The van der Waals surface area contributed by atoms with Crippen molar-refractivity contribution in [2.75, 3.05) is 25.7 Å². The molecule has 10 heteroatoms. The zero-order valence-electron chi connectivity index (χ0n) is 22.9. The first-order valence-corrected chi connectivity index (χ1v) is 13.1. The third-order valence-electron chi connectivity index (χ3n) is 5.69. The summed E-state index contributed by atoms with van der Waals surface area (Å²) in [6.45, 7) is 6.60. The first-order chi connectivity index (χ1) is 18.4. The zero-order valence-corrected chi connectivity index (χ0v) is 23.7. The van der Waals surface area contributed by atoms with E-state index in [-0.39, 0.29) is 12.3 Å². The summed E-state index contributed by atoms with van der Waals surface area (Å²) in [4.78, 5) is 53.9. The number of benzene rings is 2. The van der Waals surface area contributed by atoms with Crippen LogP contribution in [0.2, 0.25) is 0 Å². The predicted molar refractivity (Wildman–Crippen MR) is 151 cm³/mol. The third-order valence-corrected chi connectivity index (χ3v) is 6.56. The molecule has 206 valence electrons. The van der Waals surface area contributed by atoms with E-state index in [1.54, 1.807) is 60.0 Å². The van der Waals surface area contributed by atoms with E-state index in [1.165, 1.54) is 37.4 Å². The van der Waals surface area contributed by atoms with Gasteiger partial charge >= 0.3 is 0 Å². The van der Waals surface area contributed by atoms with Gasteiger partial charge in [-0.15, -0.1) is 11.3 Å². The van der Waals surface area contributed by atoms with Crippen molar-refractivity contribution < 1.29 is 28.7 Å². The maximum Gasteiger partial charge on any atom is 0.261 e. The van der Waals surface area contributed by atoms with Crippen molar-refractivity contribution in [1.82, 2.24) is 10.6 Å². The molecule has 3 aromatic rings. The Morgan fingerprint density at radius 3 is 2.15 bits per heavy atom. The van der Waals surface area contributed by atoms with Gasteiger partial charge in [0.2, 0.25) is 11.8 Å². The van der Waals surface area contributed by atoms with Crippen LogP contribution < -0.4 is 25.0 Å². The SMILES string of the molecule is COc1ccc([C@H](C(=O)NC(C)(C)C)N(C(=O)CNC(=O)c2cccs2)c2ccc(C(C)=O)cc2)cc1OC. The molecule has 3 amide bonds. The molecule has 39 heavy (non-hydrogen) atoms. The molecule has 0 aliphatic carbocycles. The fraction of sp³-hybridized carbons (Fsp3) is 0.310. The van der Waals surface area contributed by atoms with Crippen molar-refractivity contribution >= 4 is 40.5 Å². The second-order valence-electron chi connectivity index (χ2n) is 9.78. The number of anilines is 1. The molecule has 0 unspecified atom stereocenters. The highest BCUT2D eigenvalue weighted by molar-refractivity contribution is 7.12. The average Bonchev–Trinajstić information content (AvgIpc) is 3.44. The number of hydrogen-bond donors (Lipinski definition) is 2. The minimum atomic E-state index is -1.14. The number of carbonyl (C=O) groups is 4. The van der Waals surface area contributed by atoms with E-state index in [4.69, 9.17) is 9.47 Å². The van der Waals surface area contributed by atoms with Crippen molar-refractivity contribution in [3.63, 3.8) is 0 Å². The Labute approximate surface area is 232 Å². The van der Waals surface area contributed by atoms with Crippen LogP contribution in [-0.4, -0.2) is 49.8 Å². The Morgan fingerprint density at radius 1 is 0.949 bits per heavy atom. The number of nitrogens with one attached hydrogen (secondary N) is 2. The van der Waals surface area contributed by atoms with Gasteiger partial charge in [-0.2, -0.15) is 0 Å². The van der Waals surface area contributed by atoms with Crippen LogP contribution in [0.5, 0.6) is 11.5 Å². The molecule has 0 fully saturated rings. The van der Waals surface area contributed by atoms with Crippen LogP contribution in [0.1, 0.15) is 59.3 Å². The lowest BCUT2D eigenvalue weighted by molar-refractivity contribution is -0.127. The summed E-state index contributed by atoms with van der Waals surface area (Å²) in [5, 5.41) is 7.38. The molecule has 1 heterocycles. The molecule has 9 nitrogen and oxygen atoms in total. The van der Waals surface area contributed by atoms with Crippen LogP contribution in [0.4, 0.5) is 5.69 Å². The van der Waals surface area contributed by atoms with E-state index in [2.05, 4.69) is 10.6 Å². The second kappa shape index (κ2) is 12.6. The Morgan fingerprint density at radius 2 is 1.62 bits per heavy atom. The van der Waals surface area contributed by atoms with Crippen LogP contribution in [0.25, 0.3) is 0 Å². The van der Waals surface area contributed by atoms with Gasteiger partial charge in [0.25, 0.3) is 5.91 Å². The highest BCUT2D eigenvalue weighted by atomic mass is 32.1. The van der Waals surface area contributed by atoms with Gasteiger partial charge in [-0.3, -0.25) is 24.1 Å². The topological polar surface area (TPSA) is 114 Å². The maximum atomic E-state index is 13.8. The molecule has 0 radical (unpaired) electrons. The lowest BCUT2D eigenvalue weighted by Crippen LogP contribution is -2.51. The number of thiophene rings is 1. The summed E-state index contributed by atoms with van der Waals surface area (Å²) >= 11 is 1.25. The Balaban J connectivity index is 2.11. The summed E-state index contributed by atoms with van der Waals surface area (Å²) in [6, 6.07) is 13.6. The number of rotatable bonds is 10. The first-order valence-electron chi connectivity index (χ1n) is 12.2. The van der Waals surface area contributed by atoms with Gasteiger partial charge in [0.05, 0.1) is 25.6 Å². The highest BCUT2D eigenvalue weighted by Gasteiger charge is 2.35. The van der Waals surface area contributed by atoms with Gasteiger partial charge < -0.3 is 20.1 Å². The molecular weight excluding hydrogens is 518 g/mol. The van der Waals surface area contributed by atoms with E-state index in [9.17, 15) is 19.2 Å². The molecular formula is C29H33N3O6S. The summed E-state index contributed by atoms with van der Waals surface area (Å²) in [6.07, 6.45) is 0. The largest absolute Gasteiger partial charge is 0.493 e. The summed E-state index contributed by atoms with van der Waals surface area (Å²) in [5.41, 5.74) is 0.688. The molecule has 0 saturated heterocycles. The highest BCUT2D eigenvalue weighted by Crippen LogP contribution is 2.35. The third kappa shape index (κ3) is 7.44. The Hall–Kier alpha value is -4.18. The monoisotopic (exact) mass is 551 g/mol. The molecule has 0 aliphatic heterocycles. The van der Waals surface area contributed by atoms with Crippen LogP contribution in [0, 0.1) is 0 Å². The van der Waals surface area contributed by atoms with E-state index < -0.39 is 29.3 Å². The quantitative estimate of drug-likeness (QED) is 0.362. The summed E-state index contributed by atoms with van der Waals surface area (Å²) in [5.74, 6) is -0.656. The first kappa shape index (κ1) is 29.4. The number of methoxy groups -OCH3 is 2. The van der Waals surface area contributed by atoms with E-state index >= 15 is 0 Å². The lowest BCUT2D eigenvalue weighted by atomic mass is 9.99. The number of carbonyl (C=O) groups excluding carboxylic acids is 4. The zero-order chi connectivity index (χ0) is 28.7. The minimum Gasteiger partial charge on any atom is -0.493 e. The van der Waals surface area contributed by atoms with Crippen molar-refractivity contribution in [2.24, 2.45) is 0 Å². The number of ketones is 1. The Bertz CT molecular complexity index is 1330. The number of Topliss-reactive ketones (excluding diaryl/α,β-unsaturated/α-hetero) is 1. The molecule has 0 spiro atoms. The standard InChI is InChI=1S/C29H33N3O6S/c1-18(33)19-9-12-21(13-10-19)32(25(34)17-30-27(35)24-8-7-15-39-24)26(28(36)31-29(2,3)4)20-11-14-22(37-5)23(16-20)38-6/h7-16,26H,17H2,1-6H3,(H,30,35)(H,31,36)/t26-/m1/s1. The summed E-state index contributed by atoms with van der Waals surface area (Å²) < 4.78 is 10.8. The molecule has 0 bridgehead atoms. The van der Waals surface area contributed by atoms with Gasteiger partial charge in [-0.1, -0.05) is 12.1 Å². The average molecular weight is 552 g/mol. The summed E-state index contributed by atoms with van der Waals surface area (Å²) in [7, 11) is 2.99. The second-order valence-corrected chi connectivity index (χ2v) is 10.7. The van der Waals surface area contributed by atoms with Crippen LogP contribution >= 0.6 is 11.3 Å². The molecule has 2 N–H and O–H groups in total. The molecule has 1 aromatic heterocycles. The van der Waals surface area contributed by atoms with Crippen molar-refractivity contribution in [2.45, 2.75) is 39.3 Å². The van der Waals surface area contributed by atoms with Gasteiger partial charge in [0, 0.05) is 16.8 Å². The number of nitrogens with zero attached hydrogens (tertiary/aromatic N) is 1. The number of ether oxygens (including phenoxy) is 2. The fourth-order valence-electron chi connectivity index (χ4n) is 3.91. The lowest BCUT2D eigenvalue weighted by Gasteiger charge is -2.34. The van der Waals surface area contributed by atoms with Gasteiger partial charge in [-0.25, -0.2) is 0 Å². The number of hydrogen-bond acceptors (Lipinski definition) is 7. The molecule has 2 aromatic carbocycles. The fourth-order valence-corrected chi connectivity index (χ4v) is 4.55. The van der Waals surface area contributed by atoms with E-state index in [1.807, 2.05) is 20.8 Å². The smallest absolute Gasteiger partial charge is 0.261 e. The Kier molecular flexibility index (Phi) is 9.47. The van der Waals surface area contributed by atoms with Crippen LogP contribution in [-0.2, 0) is 9.59 Å². The van der Waals surface area contributed by atoms with E-state index in [0.717, 1.165) is 0 Å². The van der Waals surface area contributed by atoms with Crippen LogP contribution in [0.3, 0.4) is 0 Å². The maximum absolute atomic E-state index is 13.8. The minimum absolute atomic E-state index is 0.135. The van der Waals surface area contributed by atoms with Crippen molar-refractivity contribution in [3.05, 3.63) is 76.0 Å². The molecule has 0 saturated carbocycles. The van der Waals surface area contributed by atoms with Gasteiger partial charge in [0.15, 0.2) is 17.3 Å². The van der Waals surface area contributed by atoms with Crippen molar-refractivity contribution in [1.29, 1.82) is 0 Å². The van der Waals surface area contributed by atoms with Crippen LogP contribution in [0.15, 0.2) is 60.0 Å². The molecule has 3 rings (SSSR count).